The Morgan fingerprint density at radius 1 is 1.39 bits per heavy atom. The van der Waals surface area contributed by atoms with Gasteiger partial charge in [0.25, 0.3) is 0 Å². The summed E-state index contributed by atoms with van der Waals surface area (Å²) >= 11 is 11.7. The van der Waals surface area contributed by atoms with Crippen LogP contribution < -0.4 is 5.32 Å². The maximum absolute atomic E-state index is 6.30. The van der Waals surface area contributed by atoms with Gasteiger partial charge in [-0.25, -0.2) is 0 Å². The fraction of sp³-hybridized carbons (Fsp3) is 0.286. The molecular weight excluding hydrogens is 330 g/mol. The van der Waals surface area contributed by atoms with Gasteiger partial charge < -0.3 is 5.32 Å². The molecule has 18 heavy (non-hydrogen) atoms. The minimum Gasteiger partial charge on any atom is -0.306 e. The molecule has 0 saturated heterocycles. The maximum atomic E-state index is 6.30. The predicted molar refractivity (Wildman–Crippen MR) is 83.7 cm³/mol. The van der Waals surface area contributed by atoms with Gasteiger partial charge in [0.15, 0.2) is 0 Å². The van der Waals surface area contributed by atoms with Gasteiger partial charge in [0.1, 0.15) is 0 Å². The number of benzene rings is 1. The second kappa shape index (κ2) is 6.20. The molecule has 0 aliphatic carbocycles. The molecule has 1 atom stereocenters. The fourth-order valence-corrected chi connectivity index (χ4v) is 3.80. The summed E-state index contributed by atoms with van der Waals surface area (Å²) in [5, 5.41) is 4.31. The molecule has 0 bridgehead atoms. The Hall–Kier alpha value is -0.350. The quantitative estimate of drug-likeness (QED) is 0.806. The predicted octanol–water partition coefficient (Wildman–Crippen LogP) is 5.17. The zero-order valence-electron chi connectivity index (χ0n) is 10.3. The van der Waals surface area contributed by atoms with Crippen molar-refractivity contribution in [3.63, 3.8) is 0 Å². The van der Waals surface area contributed by atoms with Crippen molar-refractivity contribution in [2.24, 2.45) is 0 Å². The largest absolute Gasteiger partial charge is 0.306 e. The Morgan fingerprint density at radius 2 is 2.11 bits per heavy atom. The molecule has 0 aliphatic heterocycles. The van der Waals surface area contributed by atoms with Crippen LogP contribution in [-0.2, 0) is 0 Å². The number of thiophene rings is 1. The van der Waals surface area contributed by atoms with Crippen molar-refractivity contribution >= 4 is 38.9 Å². The zero-order valence-corrected chi connectivity index (χ0v) is 13.5. The Balaban J connectivity index is 2.43. The summed E-state index contributed by atoms with van der Waals surface area (Å²) in [7, 11) is 0. The van der Waals surface area contributed by atoms with Crippen LogP contribution in [0.15, 0.2) is 34.8 Å². The second-order valence-corrected chi connectivity index (χ2v) is 6.61. The van der Waals surface area contributed by atoms with E-state index in [-0.39, 0.29) is 6.04 Å². The summed E-state index contributed by atoms with van der Waals surface area (Å²) in [5.41, 5.74) is 1.13. The summed E-state index contributed by atoms with van der Waals surface area (Å²) in [6.07, 6.45) is 0. The van der Waals surface area contributed by atoms with Gasteiger partial charge in [-0.15, -0.1) is 11.3 Å². The van der Waals surface area contributed by atoms with Crippen LogP contribution in [-0.4, -0.2) is 6.54 Å². The van der Waals surface area contributed by atoms with E-state index in [9.17, 15) is 0 Å². The third kappa shape index (κ3) is 2.97. The third-order valence-corrected chi connectivity index (χ3v) is 5.33. The number of hydrogen-bond donors (Lipinski definition) is 1. The average molecular weight is 345 g/mol. The normalized spacial score (nSPS) is 12.7. The first-order valence-electron chi connectivity index (χ1n) is 5.87. The Labute approximate surface area is 125 Å². The summed E-state index contributed by atoms with van der Waals surface area (Å²) in [6, 6.07) is 10.4. The highest BCUT2D eigenvalue weighted by Crippen LogP contribution is 2.35. The number of hydrogen-bond acceptors (Lipinski definition) is 2. The Bertz CT molecular complexity index is 519. The molecular formula is C14H15BrClNS. The van der Waals surface area contributed by atoms with Gasteiger partial charge in [-0.05, 0) is 47.1 Å². The Kier molecular flexibility index (Phi) is 4.84. The molecule has 1 nitrogen and oxygen atoms in total. The lowest BCUT2D eigenvalue weighted by atomic mass is 10.1. The van der Waals surface area contributed by atoms with Crippen LogP contribution in [0.1, 0.15) is 28.3 Å². The van der Waals surface area contributed by atoms with Crippen molar-refractivity contribution in [3.8, 4) is 0 Å². The molecule has 1 heterocycles. The summed E-state index contributed by atoms with van der Waals surface area (Å²) in [6.45, 7) is 5.14. The van der Waals surface area contributed by atoms with E-state index in [2.05, 4.69) is 47.2 Å². The van der Waals surface area contributed by atoms with Crippen LogP contribution in [0, 0.1) is 6.92 Å². The monoisotopic (exact) mass is 343 g/mol. The van der Waals surface area contributed by atoms with Gasteiger partial charge in [-0.2, -0.15) is 0 Å². The van der Waals surface area contributed by atoms with Crippen molar-refractivity contribution in [2.75, 3.05) is 6.54 Å². The van der Waals surface area contributed by atoms with Gasteiger partial charge in [0, 0.05) is 19.2 Å². The second-order valence-electron chi connectivity index (χ2n) is 4.07. The Morgan fingerprint density at radius 3 is 2.67 bits per heavy atom. The van der Waals surface area contributed by atoms with Crippen LogP contribution in [0.5, 0.6) is 0 Å². The highest BCUT2D eigenvalue weighted by Gasteiger charge is 2.18. The lowest BCUT2D eigenvalue weighted by Crippen LogP contribution is -2.21. The van der Waals surface area contributed by atoms with Crippen molar-refractivity contribution in [2.45, 2.75) is 19.9 Å². The highest BCUT2D eigenvalue weighted by atomic mass is 79.9. The molecule has 1 unspecified atom stereocenters. The minimum absolute atomic E-state index is 0.165. The van der Waals surface area contributed by atoms with Gasteiger partial charge in [-0.3, -0.25) is 0 Å². The van der Waals surface area contributed by atoms with E-state index in [0.29, 0.717) is 0 Å². The molecule has 0 saturated carbocycles. The topological polar surface area (TPSA) is 12.0 Å². The van der Waals surface area contributed by atoms with Crippen molar-refractivity contribution in [3.05, 3.63) is 55.1 Å². The van der Waals surface area contributed by atoms with Crippen molar-refractivity contribution in [1.29, 1.82) is 0 Å². The highest BCUT2D eigenvalue weighted by molar-refractivity contribution is 9.10. The molecule has 2 aromatic rings. The lowest BCUT2D eigenvalue weighted by Gasteiger charge is -2.18. The molecule has 0 aliphatic rings. The van der Waals surface area contributed by atoms with Gasteiger partial charge >= 0.3 is 0 Å². The molecule has 1 aromatic heterocycles. The summed E-state index contributed by atoms with van der Waals surface area (Å²) in [4.78, 5) is 2.58. The van der Waals surface area contributed by atoms with Gasteiger partial charge in [0.2, 0.25) is 0 Å². The molecule has 1 N–H and O–H groups in total. The standard InChI is InChI=1S/C14H15BrClNS/c1-3-17-14(10-6-4-5-7-12(10)16)13-8-11(15)9(2)18-13/h4-8,14,17H,3H2,1-2H3. The maximum Gasteiger partial charge on any atom is 0.0686 e. The van der Waals surface area contributed by atoms with Crippen LogP contribution in [0.3, 0.4) is 0 Å². The van der Waals surface area contributed by atoms with Crippen LogP contribution in [0.25, 0.3) is 0 Å². The molecule has 1 aromatic carbocycles. The SMILES string of the molecule is CCNC(c1cc(Br)c(C)s1)c1ccccc1Cl. The van der Waals surface area contributed by atoms with Crippen molar-refractivity contribution in [1.82, 2.24) is 5.32 Å². The molecule has 4 heteroatoms. The fourth-order valence-electron chi connectivity index (χ4n) is 1.90. The average Bonchev–Trinajstić information content (AvgIpc) is 2.68. The van der Waals surface area contributed by atoms with E-state index in [1.807, 2.05) is 18.2 Å². The lowest BCUT2D eigenvalue weighted by molar-refractivity contribution is 0.640. The minimum atomic E-state index is 0.165. The smallest absolute Gasteiger partial charge is 0.0686 e. The molecule has 0 radical (unpaired) electrons. The van der Waals surface area contributed by atoms with Crippen molar-refractivity contribution < 1.29 is 0 Å². The summed E-state index contributed by atoms with van der Waals surface area (Å²) < 4.78 is 1.16. The first-order valence-corrected chi connectivity index (χ1v) is 7.86. The number of aryl methyl sites for hydroxylation is 1. The molecule has 0 fully saturated rings. The van der Waals surface area contributed by atoms with E-state index < -0.39 is 0 Å². The molecule has 0 amide bonds. The van der Waals surface area contributed by atoms with E-state index in [0.717, 1.165) is 21.6 Å². The van der Waals surface area contributed by atoms with E-state index in [1.165, 1.54) is 9.75 Å². The summed E-state index contributed by atoms with van der Waals surface area (Å²) in [5.74, 6) is 0. The van der Waals surface area contributed by atoms with Crippen LogP contribution in [0.2, 0.25) is 5.02 Å². The van der Waals surface area contributed by atoms with Crippen LogP contribution >= 0.6 is 38.9 Å². The van der Waals surface area contributed by atoms with Gasteiger partial charge in [-0.1, -0.05) is 36.7 Å². The number of halogens is 2. The molecule has 2 rings (SSSR count). The zero-order chi connectivity index (χ0) is 13.1. The van der Waals surface area contributed by atoms with E-state index >= 15 is 0 Å². The first-order chi connectivity index (χ1) is 8.63. The van der Waals surface area contributed by atoms with E-state index in [1.54, 1.807) is 11.3 Å². The number of nitrogens with one attached hydrogen (secondary N) is 1. The third-order valence-electron chi connectivity index (χ3n) is 2.79. The van der Waals surface area contributed by atoms with Gasteiger partial charge in [0.05, 0.1) is 6.04 Å². The van der Waals surface area contributed by atoms with E-state index in [4.69, 9.17) is 11.6 Å². The molecule has 0 spiro atoms. The van der Waals surface area contributed by atoms with Crippen LogP contribution in [0.4, 0.5) is 0 Å². The molecule has 96 valence electrons. The number of rotatable bonds is 4. The first kappa shape index (κ1) is 14.1.